The van der Waals surface area contributed by atoms with Crippen LogP contribution in [0.15, 0.2) is 52.1 Å². The number of amides is 1. The molecule has 6 nitrogen and oxygen atoms in total. The highest BCUT2D eigenvalue weighted by atomic mass is 16.2. The van der Waals surface area contributed by atoms with Crippen LogP contribution in [0.4, 0.5) is 5.69 Å². The molecule has 6 heteroatoms. The van der Waals surface area contributed by atoms with Crippen LogP contribution in [0, 0.1) is 13.8 Å². The molecule has 0 radical (unpaired) electrons. The molecule has 0 aliphatic rings. The van der Waals surface area contributed by atoms with Crippen LogP contribution in [0.1, 0.15) is 37.4 Å². The second-order valence-corrected chi connectivity index (χ2v) is 7.18. The number of nitrogens with zero attached hydrogens (tertiary/aromatic N) is 2. The zero-order valence-electron chi connectivity index (χ0n) is 16.7. The zero-order valence-corrected chi connectivity index (χ0v) is 16.7. The van der Waals surface area contributed by atoms with E-state index in [2.05, 4.69) is 5.32 Å². The molecule has 0 aliphatic carbocycles. The molecule has 3 rings (SSSR count). The summed E-state index contributed by atoms with van der Waals surface area (Å²) in [6, 6.07) is 12.5. The predicted molar refractivity (Wildman–Crippen MR) is 112 cm³/mol. The summed E-state index contributed by atoms with van der Waals surface area (Å²) in [4.78, 5) is 38.6. The summed E-state index contributed by atoms with van der Waals surface area (Å²) in [7, 11) is 0. The Morgan fingerprint density at radius 2 is 1.82 bits per heavy atom. The Labute approximate surface area is 163 Å². The van der Waals surface area contributed by atoms with Gasteiger partial charge in [0, 0.05) is 11.7 Å². The first-order chi connectivity index (χ1) is 13.3. The van der Waals surface area contributed by atoms with E-state index in [0.717, 1.165) is 16.8 Å². The van der Waals surface area contributed by atoms with Crippen LogP contribution in [-0.2, 0) is 11.3 Å². The van der Waals surface area contributed by atoms with Gasteiger partial charge in [0.15, 0.2) is 0 Å². The van der Waals surface area contributed by atoms with Gasteiger partial charge in [0.25, 0.3) is 5.56 Å². The minimum Gasteiger partial charge on any atom is -0.324 e. The number of benzene rings is 2. The van der Waals surface area contributed by atoms with Gasteiger partial charge in [-0.1, -0.05) is 31.2 Å². The van der Waals surface area contributed by atoms with Crippen LogP contribution in [0.5, 0.6) is 0 Å². The maximum absolute atomic E-state index is 13.1. The highest BCUT2D eigenvalue weighted by Crippen LogP contribution is 2.17. The Bertz CT molecular complexity index is 1160. The number of hydrogen-bond acceptors (Lipinski definition) is 3. The number of aromatic nitrogens is 2. The zero-order chi connectivity index (χ0) is 20.4. The van der Waals surface area contributed by atoms with Gasteiger partial charge in [0.1, 0.15) is 6.54 Å². The molecule has 1 unspecified atom stereocenters. The highest BCUT2D eigenvalue weighted by molar-refractivity contribution is 5.92. The lowest BCUT2D eigenvalue weighted by Crippen LogP contribution is -2.43. The second kappa shape index (κ2) is 7.84. The standard InChI is InChI=1S/C22H25N3O3/c1-5-16(4)25-21(27)17-8-6-7-9-19(17)24(22(25)28)13-20(26)23-18-12-14(2)10-11-15(18)3/h6-12,16H,5,13H2,1-4H3,(H,23,26). The third kappa shape index (κ3) is 3.63. The molecule has 0 fully saturated rings. The Morgan fingerprint density at radius 3 is 2.54 bits per heavy atom. The van der Waals surface area contributed by atoms with Crippen molar-refractivity contribution in [2.24, 2.45) is 0 Å². The van der Waals surface area contributed by atoms with Gasteiger partial charge in [-0.2, -0.15) is 0 Å². The van der Waals surface area contributed by atoms with Crippen molar-refractivity contribution >= 4 is 22.5 Å². The number of rotatable bonds is 5. The molecule has 1 amide bonds. The van der Waals surface area contributed by atoms with E-state index >= 15 is 0 Å². The molecule has 0 spiro atoms. The number of hydrogen-bond donors (Lipinski definition) is 1. The third-order valence-electron chi connectivity index (χ3n) is 5.08. The Morgan fingerprint density at radius 1 is 1.11 bits per heavy atom. The van der Waals surface area contributed by atoms with Crippen LogP contribution >= 0.6 is 0 Å². The average molecular weight is 379 g/mol. The first kappa shape index (κ1) is 19.6. The maximum Gasteiger partial charge on any atom is 0.332 e. The van der Waals surface area contributed by atoms with E-state index in [1.54, 1.807) is 24.3 Å². The molecule has 0 bridgehead atoms. The van der Waals surface area contributed by atoms with E-state index in [0.29, 0.717) is 17.3 Å². The number of fused-ring (bicyclic) bond motifs is 1. The molecule has 1 N–H and O–H groups in total. The Hall–Kier alpha value is -3.15. The fourth-order valence-electron chi connectivity index (χ4n) is 3.27. The molecule has 3 aromatic rings. The fourth-order valence-corrected chi connectivity index (χ4v) is 3.27. The molecule has 0 saturated heterocycles. The summed E-state index contributed by atoms with van der Waals surface area (Å²) < 4.78 is 2.62. The first-order valence-corrected chi connectivity index (χ1v) is 9.44. The predicted octanol–water partition coefficient (Wildman–Crippen LogP) is 3.39. The van der Waals surface area contributed by atoms with Gasteiger partial charge in [0.2, 0.25) is 5.91 Å². The van der Waals surface area contributed by atoms with E-state index < -0.39 is 5.69 Å². The maximum atomic E-state index is 13.1. The third-order valence-corrected chi connectivity index (χ3v) is 5.08. The molecule has 1 aromatic heterocycles. The smallest absolute Gasteiger partial charge is 0.324 e. The van der Waals surface area contributed by atoms with E-state index in [1.807, 2.05) is 45.9 Å². The monoisotopic (exact) mass is 379 g/mol. The number of carbonyl (C=O) groups excluding carboxylic acids is 1. The average Bonchev–Trinajstić information content (AvgIpc) is 2.68. The summed E-state index contributed by atoms with van der Waals surface area (Å²) >= 11 is 0. The van der Waals surface area contributed by atoms with Crippen molar-refractivity contribution in [2.75, 3.05) is 5.32 Å². The minimum absolute atomic E-state index is 0.163. The van der Waals surface area contributed by atoms with E-state index in [4.69, 9.17) is 0 Å². The molecule has 1 atom stereocenters. The molecule has 1 heterocycles. The topological polar surface area (TPSA) is 73.1 Å². The van der Waals surface area contributed by atoms with Crippen molar-refractivity contribution in [3.8, 4) is 0 Å². The van der Waals surface area contributed by atoms with Gasteiger partial charge in [-0.3, -0.25) is 18.7 Å². The van der Waals surface area contributed by atoms with E-state index in [-0.39, 0.29) is 24.1 Å². The Balaban J connectivity index is 2.07. The van der Waals surface area contributed by atoms with Crippen LogP contribution in [-0.4, -0.2) is 15.0 Å². The van der Waals surface area contributed by atoms with Crippen LogP contribution in [0.2, 0.25) is 0 Å². The van der Waals surface area contributed by atoms with Crippen molar-refractivity contribution in [3.63, 3.8) is 0 Å². The second-order valence-electron chi connectivity index (χ2n) is 7.18. The SMILES string of the molecule is CCC(C)n1c(=O)c2ccccc2n(CC(=O)Nc2cc(C)ccc2C)c1=O. The number of para-hydroxylation sites is 1. The van der Waals surface area contributed by atoms with E-state index in [9.17, 15) is 14.4 Å². The minimum atomic E-state index is -0.464. The summed E-state index contributed by atoms with van der Waals surface area (Å²) in [5.41, 5.74) is 2.38. The summed E-state index contributed by atoms with van der Waals surface area (Å²) in [6.07, 6.45) is 0.641. The van der Waals surface area contributed by atoms with Gasteiger partial charge in [-0.15, -0.1) is 0 Å². The molecule has 28 heavy (non-hydrogen) atoms. The lowest BCUT2D eigenvalue weighted by atomic mass is 10.1. The largest absolute Gasteiger partial charge is 0.332 e. The van der Waals surface area contributed by atoms with Crippen molar-refractivity contribution in [1.82, 2.24) is 9.13 Å². The molecule has 146 valence electrons. The number of aryl methyl sites for hydroxylation is 2. The molecule has 2 aromatic carbocycles. The van der Waals surface area contributed by atoms with Gasteiger partial charge in [0.05, 0.1) is 10.9 Å². The number of carbonyl (C=O) groups is 1. The molecule has 0 saturated carbocycles. The Kier molecular flexibility index (Phi) is 5.49. The normalized spacial score (nSPS) is 12.1. The molecular formula is C22H25N3O3. The quantitative estimate of drug-likeness (QED) is 0.738. The van der Waals surface area contributed by atoms with Gasteiger partial charge < -0.3 is 5.32 Å². The summed E-state index contributed by atoms with van der Waals surface area (Å²) in [6.45, 7) is 7.46. The van der Waals surface area contributed by atoms with Crippen LogP contribution < -0.4 is 16.6 Å². The van der Waals surface area contributed by atoms with Gasteiger partial charge in [-0.25, -0.2) is 4.79 Å². The summed E-state index contributed by atoms with van der Waals surface area (Å²) in [5.74, 6) is -0.310. The summed E-state index contributed by atoms with van der Waals surface area (Å²) in [5, 5.41) is 3.32. The van der Waals surface area contributed by atoms with Crippen LogP contribution in [0.25, 0.3) is 10.9 Å². The highest BCUT2D eigenvalue weighted by Gasteiger charge is 2.18. The van der Waals surface area contributed by atoms with Crippen molar-refractivity contribution < 1.29 is 4.79 Å². The van der Waals surface area contributed by atoms with Gasteiger partial charge in [-0.05, 0) is 56.5 Å². The lowest BCUT2D eigenvalue weighted by Gasteiger charge is -2.17. The van der Waals surface area contributed by atoms with Crippen molar-refractivity contribution in [1.29, 1.82) is 0 Å². The van der Waals surface area contributed by atoms with E-state index in [1.165, 1.54) is 9.13 Å². The number of nitrogens with one attached hydrogen (secondary N) is 1. The van der Waals surface area contributed by atoms with Crippen LogP contribution in [0.3, 0.4) is 0 Å². The fraction of sp³-hybridized carbons (Fsp3) is 0.318. The van der Waals surface area contributed by atoms with Crippen molar-refractivity contribution in [3.05, 3.63) is 74.4 Å². The van der Waals surface area contributed by atoms with Crippen molar-refractivity contribution in [2.45, 2.75) is 46.7 Å². The number of anilines is 1. The molecular weight excluding hydrogens is 354 g/mol. The lowest BCUT2D eigenvalue weighted by molar-refractivity contribution is -0.116. The van der Waals surface area contributed by atoms with Gasteiger partial charge >= 0.3 is 5.69 Å². The first-order valence-electron chi connectivity index (χ1n) is 9.44. The molecule has 0 aliphatic heterocycles.